The standard InChI is InChI=1S/C9H7Cl/c10-9-6-5-7-3-1-2-4-8(7)9/h1-6,9H/t9-/m0/s1. The number of hydrogen-bond acceptors (Lipinski definition) is 0. The number of fused-ring (bicyclic) bond motifs is 1. The van der Waals surface area contributed by atoms with Gasteiger partial charge in [0.15, 0.2) is 0 Å². The number of halogens is 1. The minimum absolute atomic E-state index is 0.0937. The predicted molar refractivity (Wildman–Crippen MR) is 44.1 cm³/mol. The van der Waals surface area contributed by atoms with Gasteiger partial charge in [0.25, 0.3) is 0 Å². The molecule has 0 N–H and O–H groups in total. The van der Waals surface area contributed by atoms with Gasteiger partial charge in [-0.15, -0.1) is 11.6 Å². The molecule has 2 rings (SSSR count). The summed E-state index contributed by atoms with van der Waals surface area (Å²) in [6, 6.07) is 8.18. The van der Waals surface area contributed by atoms with Crippen molar-refractivity contribution in [1.29, 1.82) is 0 Å². The summed E-state index contributed by atoms with van der Waals surface area (Å²) in [6.45, 7) is 0. The third kappa shape index (κ3) is 0.764. The van der Waals surface area contributed by atoms with Crippen LogP contribution in [0, 0.1) is 0 Å². The van der Waals surface area contributed by atoms with E-state index in [1.54, 1.807) is 0 Å². The molecule has 0 saturated carbocycles. The highest BCUT2D eigenvalue weighted by molar-refractivity contribution is 6.23. The molecule has 1 aromatic carbocycles. The van der Waals surface area contributed by atoms with Crippen LogP contribution in [-0.4, -0.2) is 0 Å². The van der Waals surface area contributed by atoms with E-state index in [1.807, 2.05) is 18.2 Å². The molecule has 50 valence electrons. The fraction of sp³-hybridized carbons (Fsp3) is 0.111. The first-order valence-electron chi connectivity index (χ1n) is 3.29. The lowest BCUT2D eigenvalue weighted by molar-refractivity contribution is 1.25. The summed E-state index contributed by atoms with van der Waals surface area (Å²) < 4.78 is 0. The zero-order valence-electron chi connectivity index (χ0n) is 5.42. The Morgan fingerprint density at radius 3 is 2.80 bits per heavy atom. The molecule has 0 saturated heterocycles. The van der Waals surface area contributed by atoms with E-state index in [9.17, 15) is 0 Å². The van der Waals surface area contributed by atoms with E-state index in [1.165, 1.54) is 11.1 Å². The largest absolute Gasteiger partial charge is 0.113 e. The van der Waals surface area contributed by atoms with E-state index in [2.05, 4.69) is 18.2 Å². The Balaban J connectivity index is 2.59. The van der Waals surface area contributed by atoms with Crippen molar-refractivity contribution >= 4 is 17.7 Å². The molecular weight excluding hydrogens is 144 g/mol. The predicted octanol–water partition coefficient (Wildman–Crippen LogP) is 2.99. The summed E-state index contributed by atoms with van der Waals surface area (Å²) in [7, 11) is 0. The van der Waals surface area contributed by atoms with Crippen LogP contribution >= 0.6 is 11.6 Å². The van der Waals surface area contributed by atoms with Crippen molar-refractivity contribution < 1.29 is 0 Å². The van der Waals surface area contributed by atoms with E-state index in [-0.39, 0.29) is 5.38 Å². The zero-order chi connectivity index (χ0) is 6.97. The number of allylic oxidation sites excluding steroid dienone is 1. The Morgan fingerprint density at radius 2 is 2.00 bits per heavy atom. The van der Waals surface area contributed by atoms with Crippen molar-refractivity contribution in [2.24, 2.45) is 0 Å². The summed E-state index contributed by atoms with van der Waals surface area (Å²) >= 11 is 5.96. The third-order valence-corrected chi connectivity index (χ3v) is 2.12. The van der Waals surface area contributed by atoms with E-state index >= 15 is 0 Å². The summed E-state index contributed by atoms with van der Waals surface area (Å²) in [4.78, 5) is 0. The smallest absolute Gasteiger partial charge is 0.0775 e. The van der Waals surface area contributed by atoms with Gasteiger partial charge in [0.1, 0.15) is 0 Å². The van der Waals surface area contributed by atoms with Gasteiger partial charge in [-0.1, -0.05) is 36.4 Å². The molecule has 0 amide bonds. The Hall–Kier alpha value is -0.750. The molecule has 0 unspecified atom stereocenters. The third-order valence-electron chi connectivity index (χ3n) is 1.74. The highest BCUT2D eigenvalue weighted by Crippen LogP contribution is 2.32. The molecule has 10 heavy (non-hydrogen) atoms. The second kappa shape index (κ2) is 2.14. The molecule has 0 bridgehead atoms. The molecule has 0 spiro atoms. The van der Waals surface area contributed by atoms with Crippen molar-refractivity contribution in [2.75, 3.05) is 0 Å². The van der Waals surface area contributed by atoms with Gasteiger partial charge >= 0.3 is 0 Å². The van der Waals surface area contributed by atoms with Crippen molar-refractivity contribution in [2.45, 2.75) is 5.38 Å². The minimum Gasteiger partial charge on any atom is -0.113 e. The van der Waals surface area contributed by atoms with E-state index in [0.717, 1.165) is 0 Å². The van der Waals surface area contributed by atoms with Crippen LogP contribution in [-0.2, 0) is 0 Å². The first kappa shape index (κ1) is 5.99. The highest BCUT2D eigenvalue weighted by Gasteiger charge is 2.12. The number of alkyl halides is 1. The van der Waals surface area contributed by atoms with Crippen LogP contribution in [0.25, 0.3) is 6.08 Å². The summed E-state index contributed by atoms with van der Waals surface area (Å²) in [5, 5.41) is 0.0937. The first-order valence-corrected chi connectivity index (χ1v) is 3.73. The van der Waals surface area contributed by atoms with E-state index < -0.39 is 0 Å². The maximum atomic E-state index is 5.96. The maximum Gasteiger partial charge on any atom is 0.0775 e. The average molecular weight is 151 g/mol. The monoisotopic (exact) mass is 150 g/mol. The Kier molecular flexibility index (Phi) is 1.28. The number of hydrogen-bond donors (Lipinski definition) is 0. The molecular formula is C9H7Cl. The second-order valence-corrected chi connectivity index (χ2v) is 2.86. The lowest BCUT2D eigenvalue weighted by atomic mass is 10.1. The summed E-state index contributed by atoms with van der Waals surface area (Å²) in [5.41, 5.74) is 2.48. The molecule has 0 fully saturated rings. The van der Waals surface area contributed by atoms with Gasteiger partial charge in [-0.25, -0.2) is 0 Å². The van der Waals surface area contributed by atoms with Gasteiger partial charge in [-0.05, 0) is 11.1 Å². The van der Waals surface area contributed by atoms with Crippen LogP contribution < -0.4 is 0 Å². The topological polar surface area (TPSA) is 0 Å². The molecule has 1 aromatic rings. The Labute approximate surface area is 65.1 Å². The summed E-state index contributed by atoms with van der Waals surface area (Å²) in [5.74, 6) is 0. The summed E-state index contributed by atoms with van der Waals surface area (Å²) in [6.07, 6.45) is 4.07. The average Bonchev–Trinajstić information content (AvgIpc) is 2.34. The molecule has 1 aliphatic rings. The number of rotatable bonds is 0. The van der Waals surface area contributed by atoms with Crippen LogP contribution in [0.3, 0.4) is 0 Å². The van der Waals surface area contributed by atoms with Crippen LogP contribution in [0.1, 0.15) is 16.5 Å². The minimum atomic E-state index is 0.0937. The Morgan fingerprint density at radius 1 is 1.20 bits per heavy atom. The fourth-order valence-electron chi connectivity index (χ4n) is 1.21. The van der Waals surface area contributed by atoms with Crippen molar-refractivity contribution in [1.82, 2.24) is 0 Å². The lowest BCUT2D eigenvalue weighted by Crippen LogP contribution is -1.81. The van der Waals surface area contributed by atoms with Crippen LogP contribution in [0.15, 0.2) is 30.3 Å². The molecule has 0 aliphatic heterocycles. The van der Waals surface area contributed by atoms with Gasteiger partial charge in [-0.2, -0.15) is 0 Å². The molecule has 0 radical (unpaired) electrons. The highest BCUT2D eigenvalue weighted by atomic mass is 35.5. The molecule has 1 atom stereocenters. The van der Waals surface area contributed by atoms with Crippen LogP contribution in [0.4, 0.5) is 0 Å². The van der Waals surface area contributed by atoms with Gasteiger partial charge < -0.3 is 0 Å². The quantitative estimate of drug-likeness (QED) is 0.499. The molecule has 1 heteroatoms. The lowest BCUT2D eigenvalue weighted by Gasteiger charge is -1.99. The zero-order valence-corrected chi connectivity index (χ0v) is 6.18. The number of benzene rings is 1. The van der Waals surface area contributed by atoms with E-state index in [4.69, 9.17) is 11.6 Å². The second-order valence-electron chi connectivity index (χ2n) is 2.39. The van der Waals surface area contributed by atoms with Gasteiger partial charge in [0.2, 0.25) is 0 Å². The van der Waals surface area contributed by atoms with Gasteiger partial charge in [0, 0.05) is 0 Å². The van der Waals surface area contributed by atoms with Crippen LogP contribution in [0.5, 0.6) is 0 Å². The van der Waals surface area contributed by atoms with Crippen molar-refractivity contribution in [3.8, 4) is 0 Å². The SMILES string of the molecule is Cl[C@H]1C=Cc2ccccc21. The molecule has 0 aromatic heterocycles. The Bertz CT molecular complexity index is 276. The van der Waals surface area contributed by atoms with E-state index in [0.29, 0.717) is 0 Å². The fourth-order valence-corrected chi connectivity index (χ4v) is 1.48. The molecule has 1 aliphatic carbocycles. The van der Waals surface area contributed by atoms with Crippen molar-refractivity contribution in [3.63, 3.8) is 0 Å². The molecule has 0 nitrogen and oxygen atoms in total. The first-order chi connectivity index (χ1) is 4.88. The van der Waals surface area contributed by atoms with Crippen molar-refractivity contribution in [3.05, 3.63) is 41.5 Å². The maximum absolute atomic E-state index is 5.96. The normalized spacial score (nSPS) is 21.1. The van der Waals surface area contributed by atoms with Gasteiger partial charge in [0.05, 0.1) is 5.38 Å². The van der Waals surface area contributed by atoms with Gasteiger partial charge in [-0.3, -0.25) is 0 Å². The molecule has 0 heterocycles. The van der Waals surface area contributed by atoms with Crippen LogP contribution in [0.2, 0.25) is 0 Å².